The Labute approximate surface area is 94.2 Å². The van der Waals surface area contributed by atoms with Crippen molar-refractivity contribution in [1.82, 2.24) is 0 Å². The molecular weight excluding hydrogens is 300 g/mol. The minimum Gasteiger partial charge on any atom is -0.507 e. The Hall–Kier alpha value is -0.220. The standard InChI is InChI=1S/C9H10Br2O2/c1-2-13-9-4-8(12)6(5-10)3-7(9)11/h3-4,12H,2,5H2,1H3. The predicted molar refractivity (Wildman–Crippen MR) is 59.6 cm³/mol. The van der Waals surface area contributed by atoms with Gasteiger partial charge in [-0.2, -0.15) is 0 Å². The highest BCUT2D eigenvalue weighted by Crippen LogP contribution is 2.33. The zero-order valence-corrected chi connectivity index (χ0v) is 10.4. The van der Waals surface area contributed by atoms with Gasteiger partial charge in [0.25, 0.3) is 0 Å². The molecule has 72 valence electrons. The maximum atomic E-state index is 9.51. The SMILES string of the molecule is CCOc1cc(O)c(CBr)cc1Br. The quantitative estimate of drug-likeness (QED) is 0.867. The van der Waals surface area contributed by atoms with Crippen LogP contribution in [0.1, 0.15) is 12.5 Å². The average Bonchev–Trinajstić information content (AvgIpc) is 2.11. The number of rotatable bonds is 3. The first-order chi connectivity index (χ1) is 6.19. The van der Waals surface area contributed by atoms with Crippen LogP contribution in [0.2, 0.25) is 0 Å². The average molecular weight is 310 g/mol. The highest BCUT2D eigenvalue weighted by atomic mass is 79.9. The van der Waals surface area contributed by atoms with Gasteiger partial charge < -0.3 is 9.84 Å². The summed E-state index contributed by atoms with van der Waals surface area (Å²) >= 11 is 6.65. The number of ether oxygens (including phenoxy) is 1. The molecule has 2 nitrogen and oxygen atoms in total. The first-order valence-electron chi connectivity index (χ1n) is 3.89. The van der Waals surface area contributed by atoms with Crippen molar-refractivity contribution in [1.29, 1.82) is 0 Å². The number of phenols is 1. The second-order valence-electron chi connectivity index (χ2n) is 2.48. The number of aromatic hydroxyl groups is 1. The van der Waals surface area contributed by atoms with Gasteiger partial charge in [0, 0.05) is 17.0 Å². The van der Waals surface area contributed by atoms with Gasteiger partial charge >= 0.3 is 0 Å². The summed E-state index contributed by atoms with van der Waals surface area (Å²) in [6.45, 7) is 2.49. The monoisotopic (exact) mass is 308 g/mol. The molecule has 0 radical (unpaired) electrons. The minimum absolute atomic E-state index is 0.253. The van der Waals surface area contributed by atoms with E-state index in [9.17, 15) is 5.11 Å². The van der Waals surface area contributed by atoms with Crippen LogP contribution in [-0.2, 0) is 5.33 Å². The van der Waals surface area contributed by atoms with E-state index in [2.05, 4.69) is 31.9 Å². The third kappa shape index (κ3) is 2.61. The van der Waals surface area contributed by atoms with Crippen LogP contribution in [0.15, 0.2) is 16.6 Å². The molecule has 0 aliphatic heterocycles. The van der Waals surface area contributed by atoms with Crippen LogP contribution in [0.25, 0.3) is 0 Å². The molecular formula is C9H10Br2O2. The summed E-state index contributed by atoms with van der Waals surface area (Å²) in [5.41, 5.74) is 0.843. The van der Waals surface area contributed by atoms with Crippen LogP contribution >= 0.6 is 31.9 Å². The smallest absolute Gasteiger partial charge is 0.137 e. The number of hydrogen-bond donors (Lipinski definition) is 1. The van der Waals surface area contributed by atoms with Crippen molar-refractivity contribution in [3.05, 3.63) is 22.2 Å². The van der Waals surface area contributed by atoms with Crippen LogP contribution in [0.5, 0.6) is 11.5 Å². The Morgan fingerprint density at radius 2 is 2.15 bits per heavy atom. The lowest BCUT2D eigenvalue weighted by molar-refractivity contribution is 0.335. The minimum atomic E-state index is 0.253. The molecule has 13 heavy (non-hydrogen) atoms. The van der Waals surface area contributed by atoms with Crippen LogP contribution in [0.4, 0.5) is 0 Å². The van der Waals surface area contributed by atoms with Crippen LogP contribution in [0, 0.1) is 0 Å². The molecule has 0 spiro atoms. The maximum absolute atomic E-state index is 9.51. The molecule has 1 aromatic rings. The molecule has 1 aromatic carbocycles. The van der Waals surface area contributed by atoms with Crippen molar-refractivity contribution < 1.29 is 9.84 Å². The fraction of sp³-hybridized carbons (Fsp3) is 0.333. The zero-order valence-electron chi connectivity index (χ0n) is 7.18. The molecule has 1 rings (SSSR count). The highest BCUT2D eigenvalue weighted by Gasteiger charge is 2.06. The van der Waals surface area contributed by atoms with Gasteiger partial charge in [0.1, 0.15) is 11.5 Å². The number of hydrogen-bond acceptors (Lipinski definition) is 2. The second-order valence-corrected chi connectivity index (χ2v) is 3.89. The number of halogens is 2. The van der Waals surface area contributed by atoms with Gasteiger partial charge in [-0.25, -0.2) is 0 Å². The zero-order chi connectivity index (χ0) is 9.84. The van der Waals surface area contributed by atoms with Crippen LogP contribution in [-0.4, -0.2) is 11.7 Å². The first kappa shape index (κ1) is 10.9. The number of alkyl halides is 1. The largest absolute Gasteiger partial charge is 0.507 e. The molecule has 0 unspecified atom stereocenters. The van der Waals surface area contributed by atoms with Crippen molar-refractivity contribution in [2.24, 2.45) is 0 Å². The molecule has 0 aliphatic rings. The third-order valence-electron chi connectivity index (χ3n) is 1.58. The fourth-order valence-corrected chi connectivity index (χ4v) is 1.91. The first-order valence-corrected chi connectivity index (χ1v) is 5.80. The summed E-state index contributed by atoms with van der Waals surface area (Å²) in [6.07, 6.45) is 0. The summed E-state index contributed by atoms with van der Waals surface area (Å²) in [4.78, 5) is 0. The Morgan fingerprint density at radius 3 is 2.69 bits per heavy atom. The van der Waals surface area contributed by atoms with Gasteiger partial charge in [-0.15, -0.1) is 0 Å². The summed E-state index contributed by atoms with van der Waals surface area (Å²) in [5.74, 6) is 0.924. The highest BCUT2D eigenvalue weighted by molar-refractivity contribution is 9.10. The third-order valence-corrected chi connectivity index (χ3v) is 2.80. The molecule has 4 heteroatoms. The molecule has 0 amide bonds. The molecule has 0 bridgehead atoms. The van der Waals surface area contributed by atoms with E-state index >= 15 is 0 Å². The van der Waals surface area contributed by atoms with Crippen molar-refractivity contribution in [3.63, 3.8) is 0 Å². The van der Waals surface area contributed by atoms with Gasteiger partial charge in [-0.05, 0) is 28.9 Å². The maximum Gasteiger partial charge on any atom is 0.137 e. The Kier molecular flexibility index (Phi) is 4.06. The molecule has 0 atom stereocenters. The van der Waals surface area contributed by atoms with E-state index in [0.717, 1.165) is 10.0 Å². The van der Waals surface area contributed by atoms with Crippen molar-refractivity contribution in [2.45, 2.75) is 12.3 Å². The van der Waals surface area contributed by atoms with Crippen molar-refractivity contribution in [3.8, 4) is 11.5 Å². The van der Waals surface area contributed by atoms with Gasteiger partial charge in [0.05, 0.1) is 11.1 Å². The molecule has 0 aliphatic carbocycles. The predicted octanol–water partition coefficient (Wildman–Crippen LogP) is 3.45. The van der Waals surface area contributed by atoms with Crippen LogP contribution < -0.4 is 4.74 Å². The lowest BCUT2D eigenvalue weighted by Gasteiger charge is -2.08. The van der Waals surface area contributed by atoms with E-state index in [1.807, 2.05) is 13.0 Å². The van der Waals surface area contributed by atoms with E-state index < -0.39 is 0 Å². The van der Waals surface area contributed by atoms with E-state index in [4.69, 9.17) is 4.74 Å². The van der Waals surface area contributed by atoms with Crippen molar-refractivity contribution in [2.75, 3.05) is 6.61 Å². The molecule has 0 heterocycles. The number of phenolic OH excluding ortho intramolecular Hbond substituents is 1. The molecule has 0 saturated carbocycles. The lowest BCUT2D eigenvalue weighted by Crippen LogP contribution is -1.93. The summed E-state index contributed by atoms with van der Waals surface area (Å²) in [6, 6.07) is 3.46. The van der Waals surface area contributed by atoms with Crippen LogP contribution in [0.3, 0.4) is 0 Å². The summed E-state index contributed by atoms with van der Waals surface area (Å²) < 4.78 is 6.16. The lowest BCUT2D eigenvalue weighted by atomic mass is 10.2. The van der Waals surface area contributed by atoms with E-state index in [0.29, 0.717) is 17.7 Å². The Bertz CT molecular complexity index is 300. The number of benzene rings is 1. The van der Waals surface area contributed by atoms with Gasteiger partial charge in [-0.3, -0.25) is 0 Å². The van der Waals surface area contributed by atoms with E-state index in [1.54, 1.807) is 6.07 Å². The summed E-state index contributed by atoms with van der Waals surface area (Å²) in [5, 5.41) is 10.1. The molecule has 0 saturated heterocycles. The van der Waals surface area contributed by atoms with E-state index in [-0.39, 0.29) is 5.75 Å². The molecule has 0 aromatic heterocycles. The van der Waals surface area contributed by atoms with Gasteiger partial charge in [0.2, 0.25) is 0 Å². The normalized spacial score (nSPS) is 10.1. The Morgan fingerprint density at radius 1 is 1.46 bits per heavy atom. The topological polar surface area (TPSA) is 29.5 Å². The summed E-state index contributed by atoms with van der Waals surface area (Å²) in [7, 11) is 0. The van der Waals surface area contributed by atoms with E-state index in [1.165, 1.54) is 0 Å². The van der Waals surface area contributed by atoms with Gasteiger partial charge in [0.15, 0.2) is 0 Å². The molecule has 1 N–H and O–H groups in total. The van der Waals surface area contributed by atoms with Gasteiger partial charge in [-0.1, -0.05) is 15.9 Å². The van der Waals surface area contributed by atoms with Crippen molar-refractivity contribution >= 4 is 31.9 Å². The second kappa shape index (κ2) is 4.86. The Balaban J connectivity index is 3.05. The fourth-order valence-electron chi connectivity index (χ4n) is 0.957. The molecule has 0 fully saturated rings.